The van der Waals surface area contributed by atoms with E-state index >= 15 is 0 Å². The van der Waals surface area contributed by atoms with Crippen LogP contribution in [0.3, 0.4) is 0 Å². The van der Waals surface area contributed by atoms with E-state index < -0.39 is 23.4 Å². The second-order valence-electron chi connectivity index (χ2n) is 4.09. The van der Waals surface area contributed by atoms with Crippen molar-refractivity contribution in [1.82, 2.24) is 0 Å². The van der Waals surface area contributed by atoms with E-state index in [4.69, 9.17) is 0 Å². The number of aldehydes is 1. The Bertz CT molecular complexity index is 661. The van der Waals surface area contributed by atoms with Gasteiger partial charge >= 0.3 is 6.18 Å². The first-order valence-corrected chi connectivity index (χ1v) is 5.44. The highest BCUT2D eigenvalue weighted by Crippen LogP contribution is 2.33. The van der Waals surface area contributed by atoms with Crippen molar-refractivity contribution in [3.05, 3.63) is 59.2 Å². The molecule has 0 fully saturated rings. The van der Waals surface area contributed by atoms with Crippen molar-refractivity contribution < 1.29 is 26.7 Å². The maximum Gasteiger partial charge on any atom is 0.416 e. The van der Waals surface area contributed by atoms with Gasteiger partial charge in [0.05, 0.1) is 5.56 Å². The zero-order valence-electron chi connectivity index (χ0n) is 9.84. The summed E-state index contributed by atoms with van der Waals surface area (Å²) in [5.41, 5.74) is -1.18. The van der Waals surface area contributed by atoms with Crippen molar-refractivity contribution in [2.75, 3.05) is 0 Å². The molecule has 1 nitrogen and oxygen atoms in total. The van der Waals surface area contributed by atoms with Crippen LogP contribution in [-0.2, 0) is 6.18 Å². The lowest BCUT2D eigenvalue weighted by atomic mass is 9.99. The molecule has 0 spiro atoms. The number of halogens is 5. The highest BCUT2D eigenvalue weighted by molar-refractivity contribution is 5.79. The highest BCUT2D eigenvalue weighted by atomic mass is 19.4. The molecular weight excluding hydrogens is 279 g/mol. The molecular formula is C14H7F5O. The molecule has 0 heterocycles. The first-order chi connectivity index (χ1) is 9.31. The van der Waals surface area contributed by atoms with Crippen LogP contribution in [0, 0.1) is 11.6 Å². The molecule has 0 bridgehead atoms. The van der Waals surface area contributed by atoms with E-state index in [1.54, 1.807) is 0 Å². The number of hydrogen-bond acceptors (Lipinski definition) is 1. The third-order valence-corrected chi connectivity index (χ3v) is 2.67. The summed E-state index contributed by atoms with van der Waals surface area (Å²) in [6.07, 6.45) is -4.37. The van der Waals surface area contributed by atoms with Crippen molar-refractivity contribution in [2.45, 2.75) is 6.18 Å². The van der Waals surface area contributed by atoms with Gasteiger partial charge in [-0.3, -0.25) is 4.79 Å². The first-order valence-electron chi connectivity index (χ1n) is 5.44. The lowest BCUT2D eigenvalue weighted by Crippen LogP contribution is -2.06. The highest BCUT2D eigenvalue weighted by Gasteiger charge is 2.31. The summed E-state index contributed by atoms with van der Waals surface area (Å²) in [6.45, 7) is 0. The summed E-state index contributed by atoms with van der Waals surface area (Å²) >= 11 is 0. The fourth-order valence-corrected chi connectivity index (χ4v) is 1.73. The van der Waals surface area contributed by atoms with Gasteiger partial charge in [0.1, 0.15) is 6.29 Å². The SMILES string of the molecule is O=Cc1cc(-c2ccc(F)c(F)c2)cc(C(F)(F)F)c1. The van der Waals surface area contributed by atoms with Gasteiger partial charge in [-0.1, -0.05) is 6.07 Å². The fourth-order valence-electron chi connectivity index (χ4n) is 1.73. The van der Waals surface area contributed by atoms with E-state index in [2.05, 4.69) is 0 Å². The minimum Gasteiger partial charge on any atom is -0.298 e. The van der Waals surface area contributed by atoms with Crippen LogP contribution in [0.2, 0.25) is 0 Å². The minimum atomic E-state index is -4.63. The molecule has 0 aromatic heterocycles. The van der Waals surface area contributed by atoms with E-state index in [0.29, 0.717) is 6.07 Å². The van der Waals surface area contributed by atoms with Gasteiger partial charge in [-0.15, -0.1) is 0 Å². The van der Waals surface area contributed by atoms with Gasteiger partial charge in [0.2, 0.25) is 0 Å². The Morgan fingerprint density at radius 1 is 0.850 bits per heavy atom. The molecule has 0 aliphatic rings. The minimum absolute atomic E-state index is 0.0131. The molecule has 0 amide bonds. The van der Waals surface area contributed by atoms with Crippen molar-refractivity contribution >= 4 is 6.29 Å². The first kappa shape index (κ1) is 14.2. The summed E-state index contributed by atoms with van der Waals surface area (Å²) in [4.78, 5) is 10.7. The van der Waals surface area contributed by atoms with Crippen LogP contribution in [0.25, 0.3) is 11.1 Å². The van der Waals surface area contributed by atoms with Gasteiger partial charge < -0.3 is 0 Å². The molecule has 0 aliphatic carbocycles. The van der Waals surface area contributed by atoms with E-state index in [-0.39, 0.29) is 23.0 Å². The van der Waals surface area contributed by atoms with Crippen LogP contribution in [0.15, 0.2) is 36.4 Å². The average molecular weight is 286 g/mol. The zero-order chi connectivity index (χ0) is 14.9. The molecule has 0 saturated carbocycles. The molecule has 6 heteroatoms. The lowest BCUT2D eigenvalue weighted by Gasteiger charge is -2.10. The third-order valence-electron chi connectivity index (χ3n) is 2.67. The molecule has 20 heavy (non-hydrogen) atoms. The number of benzene rings is 2. The number of alkyl halides is 3. The Morgan fingerprint density at radius 3 is 2.10 bits per heavy atom. The van der Waals surface area contributed by atoms with E-state index in [9.17, 15) is 26.7 Å². The summed E-state index contributed by atoms with van der Waals surface area (Å²) in [5, 5.41) is 0. The Kier molecular flexibility index (Phi) is 3.57. The standard InChI is InChI=1S/C14H7F5O/c15-12-2-1-9(6-13(12)16)10-3-8(7-20)4-11(5-10)14(17,18)19/h1-7H. The molecule has 0 unspecified atom stereocenters. The van der Waals surface area contributed by atoms with Crippen LogP contribution in [0.1, 0.15) is 15.9 Å². The molecule has 104 valence electrons. The molecule has 2 rings (SSSR count). The second kappa shape index (κ2) is 5.03. The van der Waals surface area contributed by atoms with Gasteiger partial charge in [-0.05, 0) is 41.5 Å². The predicted molar refractivity (Wildman–Crippen MR) is 62.2 cm³/mol. The Morgan fingerprint density at radius 2 is 1.55 bits per heavy atom. The number of carbonyl (C=O) groups excluding carboxylic acids is 1. The number of rotatable bonds is 2. The quantitative estimate of drug-likeness (QED) is 0.588. The van der Waals surface area contributed by atoms with Crippen LogP contribution >= 0.6 is 0 Å². The van der Waals surface area contributed by atoms with Crippen molar-refractivity contribution in [2.24, 2.45) is 0 Å². The maximum atomic E-state index is 13.1. The number of carbonyl (C=O) groups is 1. The average Bonchev–Trinajstić information content (AvgIpc) is 2.40. The van der Waals surface area contributed by atoms with Crippen LogP contribution in [0.5, 0.6) is 0 Å². The van der Waals surface area contributed by atoms with E-state index in [1.807, 2.05) is 0 Å². The molecule has 0 N–H and O–H groups in total. The van der Waals surface area contributed by atoms with Crippen LogP contribution in [0.4, 0.5) is 22.0 Å². The van der Waals surface area contributed by atoms with Crippen molar-refractivity contribution in [3.8, 4) is 11.1 Å². The maximum absolute atomic E-state index is 13.1. The van der Waals surface area contributed by atoms with Gasteiger partial charge in [-0.2, -0.15) is 13.2 Å². The molecule has 0 radical (unpaired) electrons. The van der Waals surface area contributed by atoms with E-state index in [1.165, 1.54) is 6.07 Å². The van der Waals surface area contributed by atoms with Gasteiger partial charge in [-0.25, -0.2) is 8.78 Å². The van der Waals surface area contributed by atoms with Gasteiger partial charge in [0.25, 0.3) is 0 Å². The van der Waals surface area contributed by atoms with Gasteiger partial charge in [0.15, 0.2) is 11.6 Å². The fraction of sp³-hybridized carbons (Fsp3) is 0.0714. The molecule has 0 saturated heterocycles. The Hall–Kier alpha value is -2.24. The van der Waals surface area contributed by atoms with Crippen LogP contribution < -0.4 is 0 Å². The zero-order valence-corrected chi connectivity index (χ0v) is 9.84. The molecule has 2 aromatic carbocycles. The molecule has 2 aromatic rings. The monoisotopic (exact) mass is 286 g/mol. The normalized spacial score (nSPS) is 11.4. The Balaban J connectivity index is 2.61. The van der Waals surface area contributed by atoms with Gasteiger partial charge in [0, 0.05) is 5.56 Å². The smallest absolute Gasteiger partial charge is 0.298 e. The predicted octanol–water partition coefficient (Wildman–Crippen LogP) is 4.46. The topological polar surface area (TPSA) is 17.1 Å². The van der Waals surface area contributed by atoms with Crippen molar-refractivity contribution in [3.63, 3.8) is 0 Å². The Labute approximate surface area is 110 Å². The summed E-state index contributed by atoms with van der Waals surface area (Å²) in [5.74, 6) is -2.27. The summed E-state index contributed by atoms with van der Waals surface area (Å²) < 4.78 is 64.0. The molecule has 0 atom stereocenters. The summed E-state index contributed by atoms with van der Waals surface area (Å²) in [6, 6.07) is 5.37. The van der Waals surface area contributed by atoms with Crippen LogP contribution in [-0.4, -0.2) is 6.29 Å². The van der Waals surface area contributed by atoms with Crippen molar-refractivity contribution in [1.29, 1.82) is 0 Å². The number of hydrogen-bond donors (Lipinski definition) is 0. The third kappa shape index (κ3) is 2.84. The molecule has 0 aliphatic heterocycles. The largest absolute Gasteiger partial charge is 0.416 e. The van der Waals surface area contributed by atoms with E-state index in [0.717, 1.165) is 24.3 Å². The summed E-state index contributed by atoms with van der Waals surface area (Å²) in [7, 11) is 0. The lowest BCUT2D eigenvalue weighted by molar-refractivity contribution is -0.137. The second-order valence-corrected chi connectivity index (χ2v) is 4.09.